The van der Waals surface area contributed by atoms with Crippen LogP contribution in [0.2, 0.25) is 0 Å². The topological polar surface area (TPSA) is 62.3 Å². The number of aryl methyl sites for hydroxylation is 1. The van der Waals surface area contributed by atoms with Crippen LogP contribution in [0.4, 0.5) is 5.82 Å². The molecule has 0 radical (unpaired) electrons. The lowest BCUT2D eigenvalue weighted by Crippen LogP contribution is -2.37. The summed E-state index contributed by atoms with van der Waals surface area (Å²) in [5, 5.41) is 6.99. The fourth-order valence-electron chi connectivity index (χ4n) is 4.32. The van der Waals surface area contributed by atoms with Crippen molar-refractivity contribution in [2.75, 3.05) is 57.8 Å². The molecule has 2 fully saturated rings. The van der Waals surface area contributed by atoms with Gasteiger partial charge in [-0.2, -0.15) is 0 Å². The number of rotatable bonds is 7. The standard InChI is InChI=1S/C24H35N5O/c1-18-19(2)27-24(22-6-4-20(5-7-22)21-8-11-25-12-9-21)28-23(18)26-10-3-13-29-14-16-30-17-15-29/h4-7,21,25H,3,8-17H2,1-2H3,(H,26,27,28). The number of anilines is 1. The summed E-state index contributed by atoms with van der Waals surface area (Å²) < 4.78 is 5.42. The van der Waals surface area contributed by atoms with Crippen molar-refractivity contribution in [1.82, 2.24) is 20.2 Å². The van der Waals surface area contributed by atoms with Gasteiger partial charge in [0.25, 0.3) is 0 Å². The number of nitrogens with zero attached hydrogens (tertiary/aromatic N) is 3. The van der Waals surface area contributed by atoms with Gasteiger partial charge in [-0.15, -0.1) is 0 Å². The minimum atomic E-state index is 0.671. The molecule has 2 aromatic rings. The second-order valence-electron chi connectivity index (χ2n) is 8.49. The third-order valence-corrected chi connectivity index (χ3v) is 6.42. The van der Waals surface area contributed by atoms with Crippen LogP contribution in [-0.2, 0) is 4.74 Å². The molecule has 0 amide bonds. The van der Waals surface area contributed by atoms with E-state index in [1.807, 2.05) is 0 Å². The van der Waals surface area contributed by atoms with Crippen LogP contribution in [-0.4, -0.2) is 67.4 Å². The second-order valence-corrected chi connectivity index (χ2v) is 8.49. The lowest BCUT2D eigenvalue weighted by molar-refractivity contribution is 0.0378. The van der Waals surface area contributed by atoms with Crippen molar-refractivity contribution in [1.29, 1.82) is 0 Å². The Morgan fingerprint density at radius 2 is 1.80 bits per heavy atom. The van der Waals surface area contributed by atoms with Gasteiger partial charge in [0.1, 0.15) is 5.82 Å². The fourth-order valence-corrected chi connectivity index (χ4v) is 4.32. The van der Waals surface area contributed by atoms with Crippen molar-refractivity contribution in [3.63, 3.8) is 0 Å². The molecule has 0 aliphatic carbocycles. The molecule has 30 heavy (non-hydrogen) atoms. The van der Waals surface area contributed by atoms with Gasteiger partial charge in [-0.25, -0.2) is 9.97 Å². The van der Waals surface area contributed by atoms with Crippen molar-refractivity contribution < 1.29 is 4.74 Å². The van der Waals surface area contributed by atoms with Gasteiger partial charge in [0.2, 0.25) is 0 Å². The molecule has 162 valence electrons. The summed E-state index contributed by atoms with van der Waals surface area (Å²) in [4.78, 5) is 12.1. The summed E-state index contributed by atoms with van der Waals surface area (Å²) in [6.07, 6.45) is 3.54. The minimum absolute atomic E-state index is 0.671. The fraction of sp³-hybridized carbons (Fsp3) is 0.583. The molecule has 2 aliphatic heterocycles. The van der Waals surface area contributed by atoms with Crippen LogP contribution in [0.1, 0.15) is 42.0 Å². The first-order chi connectivity index (χ1) is 14.7. The predicted molar refractivity (Wildman–Crippen MR) is 122 cm³/mol. The molecule has 1 aromatic carbocycles. The third kappa shape index (κ3) is 5.36. The van der Waals surface area contributed by atoms with Crippen molar-refractivity contribution in [2.24, 2.45) is 0 Å². The van der Waals surface area contributed by atoms with Crippen LogP contribution in [0.5, 0.6) is 0 Å². The van der Waals surface area contributed by atoms with E-state index in [1.54, 1.807) is 0 Å². The zero-order valence-electron chi connectivity index (χ0n) is 18.4. The first-order valence-electron chi connectivity index (χ1n) is 11.4. The maximum atomic E-state index is 5.42. The number of piperidine rings is 1. The van der Waals surface area contributed by atoms with E-state index in [-0.39, 0.29) is 0 Å². The van der Waals surface area contributed by atoms with Gasteiger partial charge < -0.3 is 15.4 Å². The Morgan fingerprint density at radius 1 is 1.07 bits per heavy atom. The summed E-state index contributed by atoms with van der Waals surface area (Å²) in [5.74, 6) is 2.44. The molecule has 6 heteroatoms. The molecule has 3 heterocycles. The predicted octanol–water partition coefficient (Wildman–Crippen LogP) is 3.36. The minimum Gasteiger partial charge on any atom is -0.379 e. The third-order valence-electron chi connectivity index (χ3n) is 6.42. The Bertz CT molecular complexity index is 811. The molecule has 0 unspecified atom stereocenters. The number of hydrogen-bond acceptors (Lipinski definition) is 6. The monoisotopic (exact) mass is 409 g/mol. The Kier molecular flexibility index (Phi) is 7.31. The molecular formula is C24H35N5O. The largest absolute Gasteiger partial charge is 0.379 e. The quantitative estimate of drug-likeness (QED) is 0.684. The van der Waals surface area contributed by atoms with E-state index in [4.69, 9.17) is 14.7 Å². The highest BCUT2D eigenvalue weighted by Crippen LogP contribution is 2.28. The number of hydrogen-bond donors (Lipinski definition) is 2. The molecule has 2 N–H and O–H groups in total. The average molecular weight is 410 g/mol. The molecule has 0 atom stereocenters. The molecule has 0 saturated carbocycles. The maximum Gasteiger partial charge on any atom is 0.161 e. The highest BCUT2D eigenvalue weighted by molar-refractivity contribution is 5.60. The van der Waals surface area contributed by atoms with E-state index in [9.17, 15) is 0 Å². The molecular weight excluding hydrogens is 374 g/mol. The number of morpholine rings is 1. The van der Waals surface area contributed by atoms with Crippen LogP contribution in [0, 0.1) is 13.8 Å². The normalized spacial score (nSPS) is 18.5. The number of aromatic nitrogens is 2. The second kappa shape index (κ2) is 10.3. The zero-order chi connectivity index (χ0) is 20.8. The number of nitrogens with one attached hydrogen (secondary N) is 2. The zero-order valence-corrected chi connectivity index (χ0v) is 18.4. The Labute approximate surface area is 180 Å². The van der Waals surface area contributed by atoms with Crippen LogP contribution < -0.4 is 10.6 Å². The number of benzene rings is 1. The van der Waals surface area contributed by atoms with Gasteiger partial charge >= 0.3 is 0 Å². The highest BCUT2D eigenvalue weighted by Gasteiger charge is 2.16. The van der Waals surface area contributed by atoms with Gasteiger partial charge in [0.05, 0.1) is 13.2 Å². The Morgan fingerprint density at radius 3 is 2.53 bits per heavy atom. The van der Waals surface area contributed by atoms with Crippen molar-refractivity contribution in [2.45, 2.75) is 39.0 Å². The summed E-state index contributed by atoms with van der Waals surface area (Å²) >= 11 is 0. The van der Waals surface area contributed by atoms with Gasteiger partial charge in [-0.05, 0) is 64.2 Å². The van der Waals surface area contributed by atoms with Gasteiger partial charge in [-0.3, -0.25) is 4.90 Å². The van der Waals surface area contributed by atoms with Crippen molar-refractivity contribution >= 4 is 5.82 Å². The molecule has 6 nitrogen and oxygen atoms in total. The lowest BCUT2D eigenvalue weighted by Gasteiger charge is -2.26. The first kappa shape index (κ1) is 21.2. The van der Waals surface area contributed by atoms with E-state index < -0.39 is 0 Å². The molecule has 2 saturated heterocycles. The Hall–Kier alpha value is -2.02. The first-order valence-corrected chi connectivity index (χ1v) is 11.4. The van der Waals surface area contributed by atoms with Crippen LogP contribution in [0.25, 0.3) is 11.4 Å². The van der Waals surface area contributed by atoms with Gasteiger partial charge in [0, 0.05) is 36.5 Å². The van der Waals surface area contributed by atoms with E-state index in [0.29, 0.717) is 5.92 Å². The Balaban J connectivity index is 1.39. The van der Waals surface area contributed by atoms with E-state index >= 15 is 0 Å². The van der Waals surface area contributed by atoms with E-state index in [1.165, 1.54) is 18.4 Å². The molecule has 0 bridgehead atoms. The maximum absolute atomic E-state index is 5.42. The average Bonchev–Trinajstić information content (AvgIpc) is 2.80. The van der Waals surface area contributed by atoms with Crippen LogP contribution >= 0.6 is 0 Å². The smallest absolute Gasteiger partial charge is 0.161 e. The number of ether oxygens (including phenoxy) is 1. The molecule has 4 rings (SSSR count). The summed E-state index contributed by atoms with van der Waals surface area (Å²) in [6.45, 7) is 12.2. The lowest BCUT2D eigenvalue weighted by atomic mass is 9.90. The van der Waals surface area contributed by atoms with Crippen LogP contribution in [0.15, 0.2) is 24.3 Å². The van der Waals surface area contributed by atoms with Crippen LogP contribution in [0.3, 0.4) is 0 Å². The van der Waals surface area contributed by atoms with E-state index in [0.717, 1.165) is 87.4 Å². The molecule has 2 aliphatic rings. The van der Waals surface area contributed by atoms with E-state index in [2.05, 4.69) is 53.6 Å². The molecule has 1 aromatic heterocycles. The summed E-state index contributed by atoms with van der Waals surface area (Å²) in [6, 6.07) is 8.89. The summed E-state index contributed by atoms with van der Waals surface area (Å²) in [7, 11) is 0. The highest BCUT2D eigenvalue weighted by atomic mass is 16.5. The molecule has 0 spiro atoms. The van der Waals surface area contributed by atoms with Gasteiger partial charge in [-0.1, -0.05) is 24.3 Å². The van der Waals surface area contributed by atoms with Crippen molar-refractivity contribution in [3.8, 4) is 11.4 Å². The summed E-state index contributed by atoms with van der Waals surface area (Å²) in [5.41, 5.74) is 4.70. The van der Waals surface area contributed by atoms with Crippen molar-refractivity contribution in [3.05, 3.63) is 41.1 Å². The SMILES string of the molecule is Cc1nc(-c2ccc(C3CCNCC3)cc2)nc(NCCCN2CCOCC2)c1C. The van der Waals surface area contributed by atoms with Gasteiger partial charge in [0.15, 0.2) is 5.82 Å².